The first-order valence-electron chi connectivity index (χ1n) is 9.08. The molecule has 1 aliphatic rings. The molecule has 0 unspecified atom stereocenters. The number of hydrogen-bond donors (Lipinski definition) is 2. The second-order valence-corrected chi connectivity index (χ2v) is 7.58. The van der Waals surface area contributed by atoms with Gasteiger partial charge < -0.3 is 16.0 Å². The van der Waals surface area contributed by atoms with Crippen LogP contribution in [0.25, 0.3) is 10.4 Å². The predicted molar refractivity (Wildman–Crippen MR) is 112 cm³/mol. The number of aromatic nitrogens is 1. The number of Topliss-reactive ketones (excluding diaryl/α,β-unsaturated/α-hetero) is 1. The number of piperazine rings is 1. The van der Waals surface area contributed by atoms with Crippen LogP contribution in [0.5, 0.6) is 0 Å². The van der Waals surface area contributed by atoms with E-state index in [9.17, 15) is 4.79 Å². The van der Waals surface area contributed by atoms with Gasteiger partial charge in [-0.3, -0.25) is 4.79 Å². The number of hydrogen-bond acceptors (Lipinski definition) is 6. The number of nitrogens with zero attached hydrogens (tertiary/aromatic N) is 2. The lowest BCUT2D eigenvalue weighted by molar-refractivity contribution is 0.0993. The fourth-order valence-electron chi connectivity index (χ4n) is 3.26. The first kappa shape index (κ1) is 17.7. The third kappa shape index (κ3) is 4.02. The van der Waals surface area contributed by atoms with Gasteiger partial charge in [-0.2, -0.15) is 0 Å². The smallest absolute Gasteiger partial charge is 0.168 e. The van der Waals surface area contributed by atoms with Crippen molar-refractivity contribution in [2.24, 2.45) is 0 Å². The number of anilines is 2. The van der Waals surface area contributed by atoms with Crippen molar-refractivity contribution in [2.75, 3.05) is 36.8 Å². The van der Waals surface area contributed by atoms with Gasteiger partial charge in [-0.25, -0.2) is 4.98 Å². The highest BCUT2D eigenvalue weighted by Crippen LogP contribution is 2.28. The molecule has 2 aromatic heterocycles. The Hall–Kier alpha value is -2.70. The summed E-state index contributed by atoms with van der Waals surface area (Å²) in [6.45, 7) is 3.79. The second-order valence-electron chi connectivity index (χ2n) is 6.63. The molecule has 0 saturated carbocycles. The maximum Gasteiger partial charge on any atom is 0.168 e. The number of nitrogens with two attached hydrogens (primary N) is 1. The highest BCUT2D eigenvalue weighted by atomic mass is 32.1. The molecule has 0 atom stereocenters. The molecule has 0 amide bonds. The molecule has 1 aliphatic heterocycles. The average molecular weight is 379 g/mol. The zero-order valence-electron chi connectivity index (χ0n) is 15.0. The van der Waals surface area contributed by atoms with Crippen LogP contribution in [0.1, 0.15) is 15.9 Å². The van der Waals surface area contributed by atoms with Crippen molar-refractivity contribution in [1.29, 1.82) is 0 Å². The normalized spacial score (nSPS) is 14.3. The summed E-state index contributed by atoms with van der Waals surface area (Å²) in [6, 6.07) is 13.8. The summed E-state index contributed by atoms with van der Waals surface area (Å²) in [7, 11) is 0. The zero-order valence-corrected chi connectivity index (χ0v) is 15.8. The van der Waals surface area contributed by atoms with E-state index < -0.39 is 0 Å². The molecule has 0 radical (unpaired) electrons. The van der Waals surface area contributed by atoms with Crippen LogP contribution < -0.4 is 16.0 Å². The van der Waals surface area contributed by atoms with Crippen LogP contribution in [0.4, 0.5) is 11.5 Å². The summed E-state index contributed by atoms with van der Waals surface area (Å²) in [4.78, 5) is 20.6. The molecule has 1 aromatic carbocycles. The number of benzene rings is 1. The van der Waals surface area contributed by atoms with Crippen LogP contribution in [0.3, 0.4) is 0 Å². The predicted octanol–water partition coefficient (Wildman–Crippen LogP) is 3.23. The SMILES string of the molecule is Nc1ccc(-c2cccs2)cc1CC(=O)c1ccc(N2CCNCC2)nc1. The van der Waals surface area contributed by atoms with Gasteiger partial charge in [-0.15, -0.1) is 11.3 Å². The molecule has 3 aromatic rings. The Kier molecular flexibility index (Phi) is 5.18. The van der Waals surface area contributed by atoms with Gasteiger partial charge in [0, 0.05) is 54.9 Å². The van der Waals surface area contributed by atoms with Gasteiger partial charge in [-0.05, 0) is 46.8 Å². The molecular weight excluding hydrogens is 356 g/mol. The van der Waals surface area contributed by atoms with Crippen LogP contribution in [-0.2, 0) is 6.42 Å². The minimum Gasteiger partial charge on any atom is -0.398 e. The third-order valence-corrected chi connectivity index (χ3v) is 5.73. The molecule has 4 rings (SSSR count). The fourth-order valence-corrected chi connectivity index (χ4v) is 3.99. The molecule has 3 heterocycles. The maximum atomic E-state index is 12.7. The van der Waals surface area contributed by atoms with E-state index in [0.717, 1.165) is 43.1 Å². The van der Waals surface area contributed by atoms with Gasteiger partial charge in [0.25, 0.3) is 0 Å². The van der Waals surface area contributed by atoms with Crippen molar-refractivity contribution in [3.63, 3.8) is 0 Å². The van der Waals surface area contributed by atoms with Gasteiger partial charge >= 0.3 is 0 Å². The monoisotopic (exact) mass is 378 g/mol. The van der Waals surface area contributed by atoms with Crippen molar-refractivity contribution in [3.8, 4) is 10.4 Å². The minimum atomic E-state index is 0.0318. The number of ketones is 1. The number of carbonyl (C=O) groups excluding carboxylic acids is 1. The number of rotatable bonds is 5. The Morgan fingerprint density at radius 3 is 2.74 bits per heavy atom. The molecule has 138 valence electrons. The molecule has 3 N–H and O–H groups in total. The summed E-state index contributed by atoms with van der Waals surface area (Å²) in [6.07, 6.45) is 1.96. The van der Waals surface area contributed by atoms with Crippen LogP contribution in [-0.4, -0.2) is 36.9 Å². The summed E-state index contributed by atoms with van der Waals surface area (Å²) in [5.41, 5.74) is 9.33. The number of thiophene rings is 1. The maximum absolute atomic E-state index is 12.7. The van der Waals surface area contributed by atoms with Crippen molar-refractivity contribution in [3.05, 3.63) is 65.2 Å². The van der Waals surface area contributed by atoms with Crippen LogP contribution in [0.15, 0.2) is 54.0 Å². The topological polar surface area (TPSA) is 71.2 Å². The number of nitrogen functional groups attached to an aromatic ring is 1. The third-order valence-electron chi connectivity index (χ3n) is 4.81. The van der Waals surface area contributed by atoms with Gasteiger partial charge in [0.2, 0.25) is 0 Å². The van der Waals surface area contributed by atoms with Gasteiger partial charge in [0.05, 0.1) is 0 Å². The Bertz CT molecular complexity index is 916. The van der Waals surface area contributed by atoms with Gasteiger partial charge in [0.1, 0.15) is 5.82 Å². The molecule has 0 bridgehead atoms. The number of nitrogens with one attached hydrogen (secondary N) is 1. The van der Waals surface area contributed by atoms with Crippen LogP contribution >= 0.6 is 11.3 Å². The highest BCUT2D eigenvalue weighted by Gasteiger charge is 2.14. The summed E-state index contributed by atoms with van der Waals surface area (Å²) in [5.74, 6) is 0.955. The summed E-state index contributed by atoms with van der Waals surface area (Å²) >= 11 is 1.68. The van der Waals surface area contributed by atoms with E-state index in [4.69, 9.17) is 5.73 Å². The standard InChI is InChI=1S/C21H22N4OS/c22-18-5-3-15(20-2-1-11-27-20)12-17(18)13-19(26)16-4-6-21(24-14-16)25-9-7-23-8-10-25/h1-6,11-12,14,23H,7-10,13,22H2. The van der Waals surface area contributed by atoms with E-state index in [1.807, 2.05) is 41.8 Å². The van der Waals surface area contributed by atoms with Gasteiger partial charge in [0.15, 0.2) is 5.78 Å². The highest BCUT2D eigenvalue weighted by molar-refractivity contribution is 7.13. The Morgan fingerprint density at radius 1 is 1.19 bits per heavy atom. The Balaban J connectivity index is 1.49. The Morgan fingerprint density at radius 2 is 2.04 bits per heavy atom. The number of carbonyl (C=O) groups is 1. The minimum absolute atomic E-state index is 0.0318. The zero-order chi connectivity index (χ0) is 18.6. The average Bonchev–Trinajstić information content (AvgIpc) is 3.25. The van der Waals surface area contributed by atoms with Crippen molar-refractivity contribution < 1.29 is 4.79 Å². The molecule has 27 heavy (non-hydrogen) atoms. The molecule has 0 aliphatic carbocycles. The van der Waals surface area contributed by atoms with Crippen molar-refractivity contribution in [1.82, 2.24) is 10.3 Å². The lowest BCUT2D eigenvalue weighted by Crippen LogP contribution is -2.43. The Labute approximate surface area is 162 Å². The van der Waals surface area contributed by atoms with E-state index >= 15 is 0 Å². The summed E-state index contributed by atoms with van der Waals surface area (Å²) in [5, 5.41) is 5.37. The number of pyridine rings is 1. The van der Waals surface area contributed by atoms with E-state index in [-0.39, 0.29) is 12.2 Å². The molecular formula is C21H22N4OS. The van der Waals surface area contributed by atoms with Gasteiger partial charge in [-0.1, -0.05) is 12.1 Å². The quantitative estimate of drug-likeness (QED) is 0.527. The van der Waals surface area contributed by atoms with E-state index in [0.29, 0.717) is 11.3 Å². The first-order chi connectivity index (χ1) is 13.2. The molecule has 0 spiro atoms. The first-order valence-corrected chi connectivity index (χ1v) is 9.96. The van der Waals surface area contributed by atoms with E-state index in [1.165, 1.54) is 4.88 Å². The largest absolute Gasteiger partial charge is 0.398 e. The molecule has 1 saturated heterocycles. The molecule has 5 nitrogen and oxygen atoms in total. The van der Waals surface area contributed by atoms with E-state index in [1.54, 1.807) is 17.5 Å². The van der Waals surface area contributed by atoms with Crippen molar-refractivity contribution >= 4 is 28.6 Å². The second kappa shape index (κ2) is 7.90. The lowest BCUT2D eigenvalue weighted by Gasteiger charge is -2.28. The molecule has 6 heteroatoms. The summed E-state index contributed by atoms with van der Waals surface area (Å²) < 4.78 is 0. The van der Waals surface area contributed by atoms with Crippen LogP contribution in [0.2, 0.25) is 0 Å². The van der Waals surface area contributed by atoms with E-state index in [2.05, 4.69) is 21.3 Å². The molecule has 1 fully saturated rings. The lowest BCUT2D eigenvalue weighted by atomic mass is 10.00. The van der Waals surface area contributed by atoms with Crippen LogP contribution in [0, 0.1) is 0 Å². The fraction of sp³-hybridized carbons (Fsp3) is 0.238. The van der Waals surface area contributed by atoms with Crippen molar-refractivity contribution in [2.45, 2.75) is 6.42 Å².